The number of anilines is 1. The predicted octanol–water partition coefficient (Wildman–Crippen LogP) is 4.03. The normalized spacial score (nSPS) is 29.4. The number of alkyl halides is 1. The second-order valence-electron chi connectivity index (χ2n) is 10.2. The van der Waals surface area contributed by atoms with Gasteiger partial charge in [-0.3, -0.25) is 14.4 Å². The number of likely N-dealkylation sites (tertiary alicyclic amines) is 1. The maximum atomic E-state index is 14.5. The van der Waals surface area contributed by atoms with Crippen molar-refractivity contribution in [2.75, 3.05) is 31.2 Å². The number of aliphatic hydroxyl groups is 1. The van der Waals surface area contributed by atoms with E-state index in [1.54, 1.807) is 28.9 Å². The summed E-state index contributed by atoms with van der Waals surface area (Å²) >= 11 is 10.3. The molecule has 0 radical (unpaired) electrons. The lowest BCUT2D eigenvalue weighted by Crippen LogP contribution is -2.57. The minimum absolute atomic E-state index is 0.117. The van der Waals surface area contributed by atoms with Crippen LogP contribution in [0.3, 0.4) is 0 Å². The van der Waals surface area contributed by atoms with Crippen molar-refractivity contribution in [1.82, 2.24) is 4.90 Å². The fraction of sp³-hybridized carbons (Fsp3) is 0.607. The molecule has 208 valence electrons. The van der Waals surface area contributed by atoms with Gasteiger partial charge in [0.25, 0.3) is 5.91 Å². The summed E-state index contributed by atoms with van der Waals surface area (Å²) < 4.78 is 11.9. The van der Waals surface area contributed by atoms with Gasteiger partial charge < -0.3 is 24.4 Å². The molecule has 38 heavy (non-hydrogen) atoms. The minimum atomic E-state index is -1.16. The summed E-state index contributed by atoms with van der Waals surface area (Å²) in [5.74, 6) is -2.62. The number of amides is 2. The molecule has 3 aliphatic rings. The van der Waals surface area contributed by atoms with Gasteiger partial charge in [0, 0.05) is 24.5 Å². The molecule has 3 aliphatic heterocycles. The van der Waals surface area contributed by atoms with Crippen molar-refractivity contribution in [1.29, 1.82) is 0 Å². The zero-order chi connectivity index (χ0) is 27.6. The molecule has 2 amide bonds. The van der Waals surface area contributed by atoms with Crippen molar-refractivity contribution in [3.63, 3.8) is 0 Å². The molecule has 4 rings (SSSR count). The summed E-state index contributed by atoms with van der Waals surface area (Å²) in [4.78, 5) is 44.7. The molecule has 1 aromatic rings. The van der Waals surface area contributed by atoms with Crippen LogP contribution in [-0.4, -0.2) is 76.7 Å². The number of carbonyl (C=O) groups excluding carboxylic acids is 3. The van der Waals surface area contributed by atoms with E-state index in [0.29, 0.717) is 36.5 Å². The highest BCUT2D eigenvalue weighted by molar-refractivity contribution is 9.09. The largest absolute Gasteiger partial charge is 0.466 e. The molecule has 0 saturated carbocycles. The lowest BCUT2D eigenvalue weighted by molar-refractivity contribution is -0.154. The summed E-state index contributed by atoms with van der Waals surface area (Å²) in [6.07, 6.45) is 4.46. The Morgan fingerprint density at radius 2 is 2.08 bits per heavy atom. The number of aliphatic hydroxyl groups excluding tert-OH is 1. The highest BCUT2D eigenvalue weighted by Gasteiger charge is 2.77. The predicted molar refractivity (Wildman–Crippen MR) is 148 cm³/mol. The Morgan fingerprint density at radius 1 is 1.34 bits per heavy atom. The van der Waals surface area contributed by atoms with Crippen molar-refractivity contribution >= 4 is 51.0 Å². The molecule has 2 bridgehead atoms. The van der Waals surface area contributed by atoms with Gasteiger partial charge in [-0.2, -0.15) is 0 Å². The van der Waals surface area contributed by atoms with Crippen molar-refractivity contribution in [2.24, 2.45) is 11.8 Å². The molecule has 1 aromatic carbocycles. The van der Waals surface area contributed by atoms with E-state index in [1.807, 2.05) is 19.1 Å². The van der Waals surface area contributed by atoms with Gasteiger partial charge in [-0.05, 0) is 44.7 Å². The first kappa shape index (κ1) is 29.1. The number of unbranched alkanes of at least 4 members (excludes halogenated alkanes) is 3. The first-order valence-electron chi connectivity index (χ1n) is 13.3. The maximum Gasteiger partial charge on any atom is 0.312 e. The average molecular weight is 612 g/mol. The van der Waals surface area contributed by atoms with E-state index in [0.717, 1.165) is 18.4 Å². The number of aryl methyl sites for hydroxylation is 1. The third-order valence-corrected chi connectivity index (χ3v) is 9.07. The van der Waals surface area contributed by atoms with E-state index in [1.165, 1.54) is 0 Å². The zero-order valence-corrected chi connectivity index (χ0v) is 24.2. The number of ether oxygens (including phenoxy) is 2. The number of para-hydroxylation sites is 1. The number of rotatable bonds is 12. The molecule has 3 saturated heterocycles. The average Bonchev–Trinajstić information content (AvgIpc) is 3.46. The topological polar surface area (TPSA) is 96.4 Å². The van der Waals surface area contributed by atoms with Crippen LogP contribution in [0.4, 0.5) is 5.69 Å². The molecule has 1 N–H and O–H groups in total. The number of esters is 1. The second kappa shape index (κ2) is 12.1. The van der Waals surface area contributed by atoms with E-state index in [2.05, 4.69) is 22.5 Å². The van der Waals surface area contributed by atoms with Crippen LogP contribution in [0.15, 0.2) is 30.9 Å². The SMILES string of the molecule is C=CCN(C(=O)[C@@H]1N(CCCCCCO)C(=O)[C@H]2[C@H](C(=O)OCC)[C@H]3O[C@@]12CC3Br)c1c(C)cccc1Cl. The molecule has 8 nitrogen and oxygen atoms in total. The minimum Gasteiger partial charge on any atom is -0.466 e. The number of nitrogens with zero attached hydrogens (tertiary/aromatic N) is 2. The van der Waals surface area contributed by atoms with Crippen LogP contribution in [0.2, 0.25) is 5.02 Å². The van der Waals surface area contributed by atoms with Crippen molar-refractivity contribution < 1.29 is 29.0 Å². The number of halogens is 2. The molecule has 0 aliphatic carbocycles. The second-order valence-corrected chi connectivity index (χ2v) is 11.8. The molecule has 3 heterocycles. The highest BCUT2D eigenvalue weighted by Crippen LogP contribution is 2.60. The Bertz CT molecular complexity index is 1070. The smallest absolute Gasteiger partial charge is 0.312 e. The number of carbonyl (C=O) groups is 3. The molecule has 1 spiro atoms. The lowest BCUT2D eigenvalue weighted by Gasteiger charge is -2.37. The van der Waals surface area contributed by atoms with Crippen LogP contribution in [0, 0.1) is 18.8 Å². The molecule has 6 atom stereocenters. The Balaban J connectivity index is 1.76. The van der Waals surface area contributed by atoms with Crippen molar-refractivity contribution in [2.45, 2.75) is 68.5 Å². The summed E-state index contributed by atoms with van der Waals surface area (Å²) in [5, 5.41) is 9.55. The van der Waals surface area contributed by atoms with Gasteiger partial charge in [0.2, 0.25) is 5.91 Å². The van der Waals surface area contributed by atoms with Crippen LogP contribution in [0.5, 0.6) is 0 Å². The van der Waals surface area contributed by atoms with Crippen LogP contribution in [0.25, 0.3) is 0 Å². The Labute approximate surface area is 237 Å². The standard InChI is InChI=1S/C28H36BrClN2O6/c1-4-13-31(22-17(3)11-10-12-19(22)30)26(35)24-28-16-18(29)23(38-28)20(27(36)37-5-2)21(28)25(34)32(24)14-8-6-7-9-15-33/h4,10-12,18,20-21,23-24,33H,1,5-9,13-16H2,2-3H3/t18?,20-,21+,23-,24-,28+/m0/s1. The van der Waals surface area contributed by atoms with Gasteiger partial charge in [0.1, 0.15) is 11.6 Å². The van der Waals surface area contributed by atoms with Gasteiger partial charge in [-0.25, -0.2) is 0 Å². The number of fused-ring (bicyclic) bond motifs is 1. The van der Waals surface area contributed by atoms with Crippen LogP contribution >= 0.6 is 27.5 Å². The summed E-state index contributed by atoms with van der Waals surface area (Å²) in [6.45, 7) is 8.31. The quantitative estimate of drug-likeness (QED) is 0.166. The zero-order valence-electron chi connectivity index (χ0n) is 21.9. The molecule has 3 fully saturated rings. The Morgan fingerprint density at radius 3 is 2.74 bits per heavy atom. The van der Waals surface area contributed by atoms with Crippen LogP contribution in [-0.2, 0) is 23.9 Å². The number of benzene rings is 1. The Kier molecular flexibility index (Phi) is 9.22. The van der Waals surface area contributed by atoms with E-state index in [4.69, 9.17) is 26.2 Å². The molecule has 1 unspecified atom stereocenters. The van der Waals surface area contributed by atoms with Gasteiger partial charge in [0.05, 0.1) is 35.3 Å². The lowest BCUT2D eigenvalue weighted by atomic mass is 9.70. The molecule has 0 aromatic heterocycles. The van der Waals surface area contributed by atoms with E-state index in [9.17, 15) is 14.4 Å². The summed E-state index contributed by atoms with van der Waals surface area (Å²) in [5.41, 5.74) is 0.226. The van der Waals surface area contributed by atoms with Gasteiger partial charge in [-0.15, -0.1) is 6.58 Å². The van der Waals surface area contributed by atoms with E-state index >= 15 is 0 Å². The van der Waals surface area contributed by atoms with Gasteiger partial charge >= 0.3 is 5.97 Å². The first-order valence-corrected chi connectivity index (χ1v) is 14.6. The van der Waals surface area contributed by atoms with Crippen molar-refractivity contribution in [3.8, 4) is 0 Å². The van der Waals surface area contributed by atoms with Crippen LogP contribution in [0.1, 0.15) is 44.6 Å². The molecular formula is C28H36BrClN2O6. The fourth-order valence-corrected chi connectivity index (χ4v) is 7.70. The summed E-state index contributed by atoms with van der Waals surface area (Å²) in [7, 11) is 0. The third kappa shape index (κ3) is 4.91. The third-order valence-electron chi connectivity index (χ3n) is 7.93. The number of hydrogen-bond donors (Lipinski definition) is 1. The molecular weight excluding hydrogens is 576 g/mol. The monoisotopic (exact) mass is 610 g/mol. The van der Waals surface area contributed by atoms with E-state index < -0.39 is 35.6 Å². The number of hydrogen-bond acceptors (Lipinski definition) is 6. The first-order chi connectivity index (χ1) is 18.2. The Hall–Kier alpha value is -1.94. The summed E-state index contributed by atoms with van der Waals surface area (Å²) in [6, 6.07) is 4.51. The highest BCUT2D eigenvalue weighted by atomic mass is 79.9. The van der Waals surface area contributed by atoms with Gasteiger partial charge in [0.15, 0.2) is 0 Å². The van der Waals surface area contributed by atoms with Crippen LogP contribution < -0.4 is 4.90 Å². The van der Waals surface area contributed by atoms with Crippen molar-refractivity contribution in [3.05, 3.63) is 41.4 Å². The van der Waals surface area contributed by atoms with E-state index in [-0.39, 0.29) is 36.4 Å². The van der Waals surface area contributed by atoms with Gasteiger partial charge in [-0.1, -0.05) is 58.6 Å². The maximum absolute atomic E-state index is 14.5. The molecule has 10 heteroatoms. The fourth-order valence-electron chi connectivity index (χ4n) is 6.44.